The Morgan fingerprint density at radius 1 is 0.964 bits per heavy atom. The van der Waals surface area contributed by atoms with Crippen molar-refractivity contribution in [2.24, 2.45) is 0 Å². The number of nitrogens with zero attached hydrogens (tertiary/aromatic N) is 3. The van der Waals surface area contributed by atoms with E-state index < -0.39 is 10.0 Å². The third kappa shape index (κ3) is 3.95. The Morgan fingerprint density at radius 3 is 2.36 bits per heavy atom. The molecule has 142 valence electrons. The van der Waals surface area contributed by atoms with Crippen LogP contribution in [0.3, 0.4) is 0 Å². The zero-order chi connectivity index (χ0) is 19.6. The smallest absolute Gasteiger partial charge is 0.272 e. The molecule has 0 aliphatic rings. The molecule has 28 heavy (non-hydrogen) atoms. The largest absolute Gasteiger partial charge is 0.458 e. The van der Waals surface area contributed by atoms with Crippen LogP contribution in [0.2, 0.25) is 0 Å². The second kappa shape index (κ2) is 7.53. The van der Waals surface area contributed by atoms with Gasteiger partial charge in [-0.25, -0.2) is 17.8 Å². The topological polar surface area (TPSA) is 86.1 Å². The molecule has 6 nitrogen and oxygen atoms in total. The van der Waals surface area contributed by atoms with Crippen molar-refractivity contribution in [2.45, 2.75) is 10.8 Å². The standard InChI is InChI=1S/C19H14FN4O2S2/c20-14-9-7-13(8-10-14)12-21-18-19(23-16-5-2-1-4-15(16)22-18)24-28(25,26)17-6-3-11-27-17/h1-11H,12H2,(H-,21,22,23,24)/q-1. The fourth-order valence-corrected chi connectivity index (χ4v) is 4.52. The van der Waals surface area contributed by atoms with Gasteiger partial charge >= 0.3 is 0 Å². The second-order valence-corrected chi connectivity index (χ2v) is 8.72. The molecule has 0 aliphatic carbocycles. The van der Waals surface area contributed by atoms with Crippen molar-refractivity contribution in [3.63, 3.8) is 0 Å². The first-order valence-corrected chi connectivity index (χ1v) is 10.6. The normalized spacial score (nSPS) is 11.5. The molecule has 4 rings (SSSR count). The molecule has 0 atom stereocenters. The van der Waals surface area contributed by atoms with Gasteiger partial charge in [0.15, 0.2) is 0 Å². The van der Waals surface area contributed by atoms with E-state index in [2.05, 4.69) is 20.0 Å². The van der Waals surface area contributed by atoms with E-state index in [9.17, 15) is 12.8 Å². The van der Waals surface area contributed by atoms with E-state index in [1.807, 2.05) is 6.07 Å². The van der Waals surface area contributed by atoms with Crippen molar-refractivity contribution < 1.29 is 12.8 Å². The number of para-hydroxylation sites is 2. The third-order valence-corrected chi connectivity index (χ3v) is 6.60. The number of sulfonamides is 1. The van der Waals surface area contributed by atoms with Crippen molar-refractivity contribution in [3.8, 4) is 0 Å². The molecule has 9 heteroatoms. The van der Waals surface area contributed by atoms with E-state index in [1.54, 1.807) is 41.8 Å². The van der Waals surface area contributed by atoms with E-state index in [0.717, 1.165) is 16.9 Å². The average Bonchev–Trinajstić information content (AvgIpc) is 3.23. The van der Waals surface area contributed by atoms with Crippen LogP contribution < -0.4 is 4.72 Å². The molecule has 0 spiro atoms. The van der Waals surface area contributed by atoms with Crippen LogP contribution in [0.25, 0.3) is 16.4 Å². The maximum absolute atomic E-state index is 13.1. The molecule has 0 amide bonds. The predicted molar refractivity (Wildman–Crippen MR) is 108 cm³/mol. The lowest BCUT2D eigenvalue weighted by Crippen LogP contribution is -2.13. The van der Waals surface area contributed by atoms with Gasteiger partial charge < -0.3 is 10.3 Å². The van der Waals surface area contributed by atoms with Gasteiger partial charge in [-0.15, -0.1) is 11.3 Å². The Balaban J connectivity index is 1.69. The van der Waals surface area contributed by atoms with Crippen molar-refractivity contribution in [1.29, 1.82) is 0 Å². The van der Waals surface area contributed by atoms with Crippen LogP contribution in [-0.2, 0) is 16.6 Å². The summed E-state index contributed by atoms with van der Waals surface area (Å²) in [6.45, 7) is 0.209. The number of aromatic nitrogens is 2. The first-order valence-electron chi connectivity index (χ1n) is 8.26. The minimum absolute atomic E-state index is 0.0502. The Kier molecular flexibility index (Phi) is 4.93. The van der Waals surface area contributed by atoms with E-state index in [4.69, 9.17) is 0 Å². The number of rotatable bonds is 6. The fraction of sp³-hybridized carbons (Fsp3) is 0.0526. The van der Waals surface area contributed by atoms with Gasteiger partial charge in [-0.3, -0.25) is 4.72 Å². The van der Waals surface area contributed by atoms with Crippen molar-refractivity contribution in [2.75, 3.05) is 4.72 Å². The summed E-state index contributed by atoms with van der Waals surface area (Å²) >= 11 is 1.11. The zero-order valence-electron chi connectivity index (χ0n) is 14.4. The summed E-state index contributed by atoms with van der Waals surface area (Å²) in [5.74, 6) is -0.115. The molecular formula is C19H14FN4O2S2-. The van der Waals surface area contributed by atoms with Crippen LogP contribution in [-0.4, -0.2) is 18.4 Å². The Morgan fingerprint density at radius 2 is 1.68 bits per heavy atom. The SMILES string of the molecule is O=S(=O)(Nc1nc2ccccc2nc1[N-]Cc1ccc(F)cc1)c1cccs1. The Bertz CT molecular complexity index is 1210. The van der Waals surface area contributed by atoms with Crippen LogP contribution in [0.4, 0.5) is 16.0 Å². The summed E-state index contributed by atoms with van der Waals surface area (Å²) in [6.07, 6.45) is 0. The third-order valence-electron chi connectivity index (χ3n) is 3.87. The summed E-state index contributed by atoms with van der Waals surface area (Å²) in [6, 6.07) is 16.2. The highest BCUT2D eigenvalue weighted by Crippen LogP contribution is 2.31. The highest BCUT2D eigenvalue weighted by molar-refractivity contribution is 7.94. The van der Waals surface area contributed by atoms with Gasteiger partial charge in [0, 0.05) is 0 Å². The van der Waals surface area contributed by atoms with Crippen LogP contribution in [0.15, 0.2) is 70.3 Å². The molecular weight excluding hydrogens is 399 g/mol. The average molecular weight is 413 g/mol. The molecule has 0 bridgehead atoms. The first-order chi connectivity index (χ1) is 13.5. The lowest BCUT2D eigenvalue weighted by Gasteiger charge is -2.21. The fourth-order valence-electron chi connectivity index (χ4n) is 2.52. The molecule has 0 fully saturated rings. The number of halogens is 1. The lowest BCUT2D eigenvalue weighted by molar-refractivity contribution is 0.603. The summed E-state index contributed by atoms with van der Waals surface area (Å²) in [7, 11) is -3.79. The number of benzene rings is 2. The number of nitrogens with one attached hydrogen (secondary N) is 1. The summed E-state index contributed by atoms with van der Waals surface area (Å²) < 4.78 is 41.0. The van der Waals surface area contributed by atoms with Gasteiger partial charge in [-0.2, -0.15) is 0 Å². The van der Waals surface area contributed by atoms with E-state index in [1.165, 1.54) is 18.2 Å². The lowest BCUT2D eigenvalue weighted by atomic mass is 10.2. The predicted octanol–water partition coefficient (Wildman–Crippen LogP) is 4.84. The van der Waals surface area contributed by atoms with Gasteiger partial charge in [-0.05, 0) is 53.1 Å². The van der Waals surface area contributed by atoms with Gasteiger partial charge in [0.2, 0.25) is 0 Å². The molecule has 2 aromatic heterocycles. The van der Waals surface area contributed by atoms with Crippen LogP contribution in [0.5, 0.6) is 0 Å². The van der Waals surface area contributed by atoms with Gasteiger partial charge in [0.1, 0.15) is 15.8 Å². The number of hydrogen-bond donors (Lipinski definition) is 1. The molecule has 0 aliphatic heterocycles. The quantitative estimate of drug-likeness (QED) is 0.490. The monoisotopic (exact) mass is 413 g/mol. The molecule has 0 saturated heterocycles. The minimum atomic E-state index is -3.79. The first kappa shape index (κ1) is 18.3. The van der Waals surface area contributed by atoms with Crippen molar-refractivity contribution in [1.82, 2.24) is 9.97 Å². The number of thiophene rings is 1. The van der Waals surface area contributed by atoms with E-state index in [-0.39, 0.29) is 28.2 Å². The van der Waals surface area contributed by atoms with Crippen LogP contribution >= 0.6 is 11.3 Å². The van der Waals surface area contributed by atoms with Gasteiger partial charge in [-0.1, -0.05) is 36.4 Å². The van der Waals surface area contributed by atoms with Crippen molar-refractivity contribution in [3.05, 3.63) is 82.7 Å². The maximum atomic E-state index is 13.1. The van der Waals surface area contributed by atoms with Crippen molar-refractivity contribution >= 4 is 44.0 Å². The molecule has 2 heterocycles. The number of hydrogen-bond acceptors (Lipinski definition) is 5. The highest BCUT2D eigenvalue weighted by Gasteiger charge is 2.17. The summed E-state index contributed by atoms with van der Waals surface area (Å²) in [5.41, 5.74) is 1.91. The summed E-state index contributed by atoms with van der Waals surface area (Å²) in [4.78, 5) is 8.84. The van der Waals surface area contributed by atoms with E-state index in [0.29, 0.717) is 11.0 Å². The molecule has 4 aromatic rings. The van der Waals surface area contributed by atoms with Crippen LogP contribution in [0.1, 0.15) is 5.56 Å². The number of fused-ring (bicyclic) bond motifs is 1. The number of anilines is 1. The Labute approximate surface area is 165 Å². The summed E-state index contributed by atoms with van der Waals surface area (Å²) in [5, 5.41) is 6.08. The molecule has 0 radical (unpaired) electrons. The minimum Gasteiger partial charge on any atom is -0.458 e. The van der Waals surface area contributed by atoms with Crippen LogP contribution in [0, 0.1) is 5.82 Å². The Hall–Kier alpha value is -3.04. The molecule has 0 saturated carbocycles. The molecule has 1 N–H and O–H groups in total. The highest BCUT2D eigenvalue weighted by atomic mass is 32.2. The van der Waals surface area contributed by atoms with Gasteiger partial charge in [0.05, 0.1) is 5.52 Å². The second-order valence-electron chi connectivity index (χ2n) is 5.86. The maximum Gasteiger partial charge on any atom is 0.272 e. The molecule has 2 aromatic carbocycles. The van der Waals surface area contributed by atoms with E-state index >= 15 is 0 Å². The zero-order valence-corrected chi connectivity index (χ0v) is 16.0. The molecule has 0 unspecified atom stereocenters. The van der Waals surface area contributed by atoms with Gasteiger partial charge in [0.25, 0.3) is 10.0 Å².